The number of nitrogens with one attached hydrogen (secondary N) is 2. The first-order valence-corrected chi connectivity index (χ1v) is 13.9. The second kappa shape index (κ2) is 10.5. The highest BCUT2D eigenvalue weighted by molar-refractivity contribution is 7.90. The lowest BCUT2D eigenvalue weighted by atomic mass is 10.2. The van der Waals surface area contributed by atoms with Crippen molar-refractivity contribution in [3.05, 3.63) is 72.4 Å². The standard InChI is InChI=1S/C26H30N6O3S/c1-36(33,34)24-9-3-2-7-20(24)19-27-23-8-6-16-32-25(23)29-26(30-32)28-21-10-12-22(13-11-21)35-18-17-31-14-4-5-15-31/h2-3,6-13,16,27H,4-5,14-15,17-19H2,1H3,(H,28,30). The molecule has 4 aromatic rings. The van der Waals surface area contributed by atoms with Gasteiger partial charge in [-0.2, -0.15) is 4.98 Å². The lowest BCUT2D eigenvalue weighted by Gasteiger charge is -2.15. The molecule has 3 heterocycles. The second-order valence-corrected chi connectivity index (χ2v) is 10.9. The molecule has 2 aromatic carbocycles. The van der Waals surface area contributed by atoms with Gasteiger partial charge in [-0.1, -0.05) is 18.2 Å². The fourth-order valence-electron chi connectivity index (χ4n) is 4.36. The number of anilines is 3. The Labute approximate surface area is 211 Å². The predicted octanol–water partition coefficient (Wildman–Crippen LogP) is 3.96. The maximum absolute atomic E-state index is 12.1. The molecule has 0 atom stereocenters. The number of sulfone groups is 1. The zero-order valence-electron chi connectivity index (χ0n) is 20.2. The molecule has 0 bridgehead atoms. The molecule has 0 saturated carbocycles. The molecule has 0 radical (unpaired) electrons. The minimum absolute atomic E-state index is 0.316. The largest absolute Gasteiger partial charge is 0.492 e. The van der Waals surface area contributed by atoms with Gasteiger partial charge >= 0.3 is 0 Å². The van der Waals surface area contributed by atoms with Crippen LogP contribution in [0.3, 0.4) is 0 Å². The number of rotatable bonds is 10. The fourth-order valence-corrected chi connectivity index (χ4v) is 5.30. The Bertz CT molecular complexity index is 1430. The smallest absolute Gasteiger partial charge is 0.247 e. The first kappa shape index (κ1) is 24.1. The summed E-state index contributed by atoms with van der Waals surface area (Å²) in [6.45, 7) is 4.33. The van der Waals surface area contributed by atoms with E-state index in [1.54, 1.807) is 22.7 Å². The summed E-state index contributed by atoms with van der Waals surface area (Å²) in [5.41, 5.74) is 2.94. The van der Waals surface area contributed by atoms with Crippen LogP contribution in [-0.2, 0) is 16.4 Å². The third-order valence-electron chi connectivity index (χ3n) is 6.19. The Hall–Kier alpha value is -3.63. The SMILES string of the molecule is CS(=O)(=O)c1ccccc1CNc1cccn2nc(Nc3ccc(OCCN4CCCC4)cc3)nc12. The molecule has 1 fully saturated rings. The maximum Gasteiger partial charge on any atom is 0.247 e. The van der Waals surface area contributed by atoms with Crippen molar-refractivity contribution >= 4 is 32.8 Å². The summed E-state index contributed by atoms with van der Waals surface area (Å²) >= 11 is 0. The number of hydrogen-bond donors (Lipinski definition) is 2. The summed E-state index contributed by atoms with van der Waals surface area (Å²) in [6.07, 6.45) is 5.61. The number of fused-ring (bicyclic) bond motifs is 1. The van der Waals surface area contributed by atoms with E-state index in [9.17, 15) is 8.42 Å². The molecule has 36 heavy (non-hydrogen) atoms. The normalized spacial score (nSPS) is 14.2. The van der Waals surface area contributed by atoms with E-state index in [0.29, 0.717) is 35.2 Å². The van der Waals surface area contributed by atoms with Gasteiger partial charge in [0.15, 0.2) is 15.5 Å². The van der Waals surface area contributed by atoms with Crippen LogP contribution in [0.1, 0.15) is 18.4 Å². The van der Waals surface area contributed by atoms with Crippen LogP contribution in [0.2, 0.25) is 0 Å². The molecular weight excluding hydrogens is 476 g/mol. The summed E-state index contributed by atoms with van der Waals surface area (Å²) < 4.78 is 31.8. The average Bonchev–Trinajstić information content (AvgIpc) is 3.53. The van der Waals surface area contributed by atoms with E-state index in [-0.39, 0.29) is 0 Å². The van der Waals surface area contributed by atoms with Crippen LogP contribution in [0, 0.1) is 0 Å². The number of ether oxygens (including phenoxy) is 1. The molecule has 0 aliphatic carbocycles. The molecule has 2 aromatic heterocycles. The quantitative estimate of drug-likeness (QED) is 0.333. The summed E-state index contributed by atoms with van der Waals surface area (Å²) in [5, 5.41) is 11.1. The van der Waals surface area contributed by atoms with Gasteiger partial charge in [0.1, 0.15) is 12.4 Å². The molecule has 5 rings (SSSR count). The molecule has 0 spiro atoms. The highest BCUT2D eigenvalue weighted by Gasteiger charge is 2.14. The van der Waals surface area contributed by atoms with Crippen LogP contribution in [0.5, 0.6) is 5.75 Å². The summed E-state index contributed by atoms with van der Waals surface area (Å²) in [7, 11) is -3.32. The minimum Gasteiger partial charge on any atom is -0.492 e. The van der Waals surface area contributed by atoms with Gasteiger partial charge in [-0.15, -0.1) is 5.10 Å². The van der Waals surface area contributed by atoms with Gasteiger partial charge in [0.05, 0.1) is 10.6 Å². The summed E-state index contributed by atoms with van der Waals surface area (Å²) in [5.74, 6) is 1.30. The Morgan fingerprint density at radius 1 is 1.00 bits per heavy atom. The first-order chi connectivity index (χ1) is 17.5. The van der Waals surface area contributed by atoms with Gasteiger partial charge in [0, 0.05) is 31.2 Å². The molecule has 2 N–H and O–H groups in total. The average molecular weight is 507 g/mol. The third kappa shape index (κ3) is 5.77. The monoisotopic (exact) mass is 506 g/mol. The lowest BCUT2D eigenvalue weighted by molar-refractivity contribution is 0.238. The van der Waals surface area contributed by atoms with Crippen LogP contribution in [0.4, 0.5) is 17.3 Å². The molecule has 10 heteroatoms. The van der Waals surface area contributed by atoms with Gasteiger partial charge < -0.3 is 15.4 Å². The molecule has 188 valence electrons. The zero-order chi connectivity index (χ0) is 25.0. The Morgan fingerprint density at radius 3 is 2.56 bits per heavy atom. The molecule has 1 aliphatic heterocycles. The van der Waals surface area contributed by atoms with Crippen molar-refractivity contribution in [2.75, 3.05) is 43.1 Å². The van der Waals surface area contributed by atoms with Gasteiger partial charge in [-0.05, 0) is 74.0 Å². The molecule has 1 aliphatic rings. The van der Waals surface area contributed by atoms with Crippen molar-refractivity contribution in [1.82, 2.24) is 19.5 Å². The Balaban J connectivity index is 1.23. The van der Waals surface area contributed by atoms with Crippen molar-refractivity contribution in [3.63, 3.8) is 0 Å². The van der Waals surface area contributed by atoms with E-state index in [4.69, 9.17) is 4.74 Å². The lowest BCUT2D eigenvalue weighted by Crippen LogP contribution is -2.25. The van der Waals surface area contributed by atoms with Crippen molar-refractivity contribution in [3.8, 4) is 5.75 Å². The first-order valence-electron chi connectivity index (χ1n) is 12.1. The molecule has 0 unspecified atom stereocenters. The number of nitrogens with zero attached hydrogens (tertiary/aromatic N) is 4. The van der Waals surface area contributed by atoms with Crippen LogP contribution in [0.25, 0.3) is 5.65 Å². The predicted molar refractivity (Wildman–Crippen MR) is 141 cm³/mol. The molecule has 0 amide bonds. The van der Waals surface area contributed by atoms with Crippen LogP contribution < -0.4 is 15.4 Å². The van der Waals surface area contributed by atoms with Crippen LogP contribution in [0.15, 0.2) is 71.8 Å². The fraction of sp³-hybridized carbons (Fsp3) is 0.308. The number of aromatic nitrogens is 3. The number of hydrogen-bond acceptors (Lipinski definition) is 8. The van der Waals surface area contributed by atoms with Crippen LogP contribution in [-0.4, -0.2) is 60.4 Å². The van der Waals surface area contributed by atoms with Gasteiger partial charge in [-0.3, -0.25) is 4.90 Å². The van der Waals surface area contributed by atoms with E-state index in [2.05, 4.69) is 25.6 Å². The number of pyridine rings is 1. The minimum atomic E-state index is -3.32. The summed E-state index contributed by atoms with van der Waals surface area (Å²) in [6, 6.07) is 18.5. The highest BCUT2D eigenvalue weighted by Crippen LogP contribution is 2.23. The van der Waals surface area contributed by atoms with E-state index in [1.807, 2.05) is 48.7 Å². The Morgan fingerprint density at radius 2 is 1.78 bits per heavy atom. The maximum atomic E-state index is 12.1. The zero-order valence-corrected chi connectivity index (χ0v) is 21.0. The molecular formula is C26H30N6O3S. The van der Waals surface area contributed by atoms with Crippen molar-refractivity contribution < 1.29 is 13.2 Å². The van der Waals surface area contributed by atoms with Gasteiger partial charge in [0.2, 0.25) is 5.95 Å². The van der Waals surface area contributed by atoms with E-state index in [0.717, 1.165) is 23.7 Å². The van der Waals surface area contributed by atoms with E-state index >= 15 is 0 Å². The molecule has 1 saturated heterocycles. The second-order valence-electron chi connectivity index (χ2n) is 8.91. The topological polar surface area (TPSA) is 101 Å². The highest BCUT2D eigenvalue weighted by atomic mass is 32.2. The summed E-state index contributed by atoms with van der Waals surface area (Å²) in [4.78, 5) is 7.38. The van der Waals surface area contributed by atoms with Crippen molar-refractivity contribution in [2.24, 2.45) is 0 Å². The number of likely N-dealkylation sites (tertiary alicyclic amines) is 1. The van der Waals surface area contributed by atoms with Crippen molar-refractivity contribution in [1.29, 1.82) is 0 Å². The molecule has 9 nitrogen and oxygen atoms in total. The van der Waals surface area contributed by atoms with Crippen molar-refractivity contribution in [2.45, 2.75) is 24.3 Å². The number of benzene rings is 2. The third-order valence-corrected chi connectivity index (χ3v) is 7.39. The van der Waals surface area contributed by atoms with Gasteiger partial charge in [-0.25, -0.2) is 12.9 Å². The van der Waals surface area contributed by atoms with Crippen LogP contribution >= 0.6 is 0 Å². The van der Waals surface area contributed by atoms with E-state index in [1.165, 1.54) is 32.2 Å². The van der Waals surface area contributed by atoms with Gasteiger partial charge in [0.25, 0.3) is 0 Å². The van der Waals surface area contributed by atoms with E-state index < -0.39 is 9.84 Å². The Kier molecular flexibility index (Phi) is 7.06.